The van der Waals surface area contributed by atoms with Crippen LogP contribution in [0.5, 0.6) is 11.5 Å². The molecule has 0 saturated carbocycles. The van der Waals surface area contributed by atoms with Crippen LogP contribution in [0.25, 0.3) is 0 Å². The fraction of sp³-hybridized carbons (Fsp3) is 0.304. The van der Waals surface area contributed by atoms with Gasteiger partial charge in [-0.2, -0.15) is 4.98 Å². The number of benzene rings is 2. The third-order valence-electron chi connectivity index (χ3n) is 5.58. The Kier molecular flexibility index (Phi) is 6.50. The molecule has 1 aromatic heterocycles. The summed E-state index contributed by atoms with van der Waals surface area (Å²) >= 11 is 0. The summed E-state index contributed by atoms with van der Waals surface area (Å²) in [6.07, 6.45) is 0.549. The monoisotopic (exact) mass is 453 g/mol. The molecule has 7 N–H and O–H groups in total. The van der Waals surface area contributed by atoms with E-state index in [0.717, 1.165) is 40.5 Å². The highest BCUT2D eigenvalue weighted by Gasteiger charge is 2.34. The van der Waals surface area contributed by atoms with Crippen molar-refractivity contribution in [1.82, 2.24) is 9.55 Å². The lowest BCUT2D eigenvalue weighted by Crippen LogP contribution is -2.27. The molecule has 5 rings (SSSR count). The Bertz CT molecular complexity index is 1200. The number of aliphatic hydroxyl groups excluding tert-OH is 2. The zero-order valence-electron chi connectivity index (χ0n) is 18.1. The highest BCUT2D eigenvalue weighted by atomic mass is 16.5. The first-order valence-electron chi connectivity index (χ1n) is 10.7. The minimum Gasteiger partial charge on any atom is -0.453 e. The Hall–Kier alpha value is -3.60. The van der Waals surface area contributed by atoms with Crippen LogP contribution in [-0.2, 0) is 11.2 Å². The van der Waals surface area contributed by atoms with Crippen molar-refractivity contribution in [1.29, 1.82) is 0 Å². The van der Waals surface area contributed by atoms with Gasteiger partial charge in [-0.3, -0.25) is 4.57 Å². The summed E-state index contributed by atoms with van der Waals surface area (Å²) in [6, 6.07) is 13.2. The minimum atomic E-state index is -0.778. The van der Waals surface area contributed by atoms with E-state index in [1.165, 1.54) is 16.8 Å². The van der Waals surface area contributed by atoms with Crippen molar-refractivity contribution in [3.8, 4) is 11.5 Å². The van der Waals surface area contributed by atoms with Crippen molar-refractivity contribution in [2.45, 2.75) is 38.2 Å². The Morgan fingerprint density at radius 3 is 2.67 bits per heavy atom. The number of nitrogens with zero attached hydrogens (tertiary/aromatic N) is 2. The molecule has 0 amide bonds. The van der Waals surface area contributed by atoms with Crippen LogP contribution < -0.4 is 27.2 Å². The van der Waals surface area contributed by atoms with Gasteiger partial charge in [0, 0.05) is 23.9 Å². The summed E-state index contributed by atoms with van der Waals surface area (Å²) in [6.45, 7) is 1.81. The van der Waals surface area contributed by atoms with Gasteiger partial charge in [-0.25, -0.2) is 4.79 Å². The lowest BCUT2D eigenvalue weighted by atomic mass is 10.1. The van der Waals surface area contributed by atoms with Gasteiger partial charge < -0.3 is 36.5 Å². The van der Waals surface area contributed by atoms with E-state index in [0.29, 0.717) is 0 Å². The molecule has 0 aliphatic carbocycles. The number of nitrogen functional groups attached to an aromatic ring is 2. The van der Waals surface area contributed by atoms with Crippen LogP contribution in [-0.4, -0.2) is 38.6 Å². The Morgan fingerprint density at radius 2 is 1.97 bits per heavy atom. The first-order chi connectivity index (χ1) is 15.9. The Balaban J connectivity index is 0.000000157. The van der Waals surface area contributed by atoms with Gasteiger partial charge in [-0.05, 0) is 36.8 Å². The number of fused-ring (bicyclic) bond motifs is 2. The molecule has 3 atom stereocenters. The molecule has 33 heavy (non-hydrogen) atoms. The molecule has 1 saturated heterocycles. The number of nitrogens with one attached hydrogen (secondary N) is 1. The standard InChI is InChI=1S/C14H14N2O.C9H13N3O4/c1-2-9-10(15)7-8-13-14(9)16-11-5-3-4-6-12(11)17-13;10-7-1-2-12(9(15)11-7)8-3-5(14)6(4-13)16-8/h3-8,16H,2,15H2,1H3;1-2,5-6,8,13-14H,3-4H2,(H2,10,11,15)/t;5-,6+,8+/m.0/s1. The van der Waals surface area contributed by atoms with Crippen molar-refractivity contribution in [3.05, 3.63) is 64.7 Å². The number of anilines is 4. The van der Waals surface area contributed by atoms with Crippen molar-refractivity contribution >= 4 is 22.9 Å². The molecule has 1 fully saturated rings. The number of ether oxygens (including phenoxy) is 2. The first-order valence-corrected chi connectivity index (χ1v) is 10.7. The average molecular weight is 453 g/mol. The Labute approximate surface area is 190 Å². The maximum atomic E-state index is 11.5. The number of para-hydroxylation sites is 2. The number of aliphatic hydroxyl groups is 2. The van der Waals surface area contributed by atoms with Crippen LogP contribution in [0.1, 0.15) is 25.1 Å². The van der Waals surface area contributed by atoms with E-state index in [1.54, 1.807) is 0 Å². The molecule has 0 bridgehead atoms. The lowest BCUT2D eigenvalue weighted by molar-refractivity contribution is -0.0458. The number of hydrogen-bond donors (Lipinski definition) is 5. The van der Waals surface area contributed by atoms with E-state index in [2.05, 4.69) is 17.2 Å². The molecule has 0 radical (unpaired) electrons. The summed E-state index contributed by atoms with van der Waals surface area (Å²) in [5.74, 6) is 1.83. The van der Waals surface area contributed by atoms with Gasteiger partial charge in [0.15, 0.2) is 11.5 Å². The summed E-state index contributed by atoms with van der Waals surface area (Å²) < 4.78 is 12.4. The van der Waals surface area contributed by atoms with Crippen LogP contribution in [0, 0.1) is 0 Å². The first kappa shape index (κ1) is 22.6. The highest BCUT2D eigenvalue weighted by Crippen LogP contribution is 2.44. The molecule has 2 aromatic carbocycles. The van der Waals surface area contributed by atoms with Gasteiger partial charge >= 0.3 is 5.69 Å². The van der Waals surface area contributed by atoms with E-state index < -0.39 is 24.1 Å². The number of hydrogen-bond acceptors (Lipinski definition) is 9. The molecule has 10 heteroatoms. The number of aromatic nitrogens is 2. The predicted molar refractivity (Wildman–Crippen MR) is 125 cm³/mol. The fourth-order valence-corrected chi connectivity index (χ4v) is 3.85. The van der Waals surface area contributed by atoms with Crippen molar-refractivity contribution in [3.63, 3.8) is 0 Å². The molecule has 0 unspecified atom stereocenters. The average Bonchev–Trinajstić information content (AvgIpc) is 3.18. The molecule has 0 spiro atoms. The quantitative estimate of drug-likeness (QED) is 0.293. The number of rotatable bonds is 3. The molecule has 10 nitrogen and oxygen atoms in total. The summed E-state index contributed by atoms with van der Waals surface area (Å²) in [4.78, 5) is 15.0. The van der Waals surface area contributed by atoms with E-state index in [4.69, 9.17) is 26.0 Å². The van der Waals surface area contributed by atoms with Gasteiger partial charge in [0.1, 0.15) is 18.1 Å². The second kappa shape index (κ2) is 9.49. The normalized spacial score (nSPS) is 20.5. The van der Waals surface area contributed by atoms with Crippen LogP contribution in [0.15, 0.2) is 53.5 Å². The van der Waals surface area contributed by atoms with Gasteiger partial charge in [-0.15, -0.1) is 0 Å². The van der Waals surface area contributed by atoms with E-state index in [-0.39, 0.29) is 18.8 Å². The van der Waals surface area contributed by atoms with Crippen LogP contribution in [0.4, 0.5) is 22.9 Å². The maximum absolute atomic E-state index is 11.5. The molecule has 2 aliphatic rings. The smallest absolute Gasteiger partial charge is 0.351 e. The Morgan fingerprint density at radius 1 is 1.18 bits per heavy atom. The van der Waals surface area contributed by atoms with Crippen molar-refractivity contribution in [2.75, 3.05) is 23.4 Å². The molecule has 3 aromatic rings. The zero-order valence-corrected chi connectivity index (χ0v) is 18.1. The van der Waals surface area contributed by atoms with Crippen molar-refractivity contribution in [2.24, 2.45) is 0 Å². The summed E-state index contributed by atoms with van der Waals surface area (Å²) in [5.41, 5.74) is 14.7. The number of nitrogens with two attached hydrogens (primary N) is 2. The molecule has 174 valence electrons. The zero-order chi connectivity index (χ0) is 23.5. The third kappa shape index (κ3) is 4.63. The van der Waals surface area contributed by atoms with Gasteiger partial charge in [-0.1, -0.05) is 19.1 Å². The van der Waals surface area contributed by atoms with Crippen LogP contribution >= 0.6 is 0 Å². The van der Waals surface area contributed by atoms with E-state index >= 15 is 0 Å². The fourth-order valence-electron chi connectivity index (χ4n) is 3.85. The maximum Gasteiger partial charge on any atom is 0.351 e. The lowest BCUT2D eigenvalue weighted by Gasteiger charge is -2.24. The van der Waals surface area contributed by atoms with Gasteiger partial charge in [0.05, 0.1) is 24.1 Å². The molecular weight excluding hydrogens is 426 g/mol. The van der Waals surface area contributed by atoms with Gasteiger partial charge in [0.2, 0.25) is 0 Å². The third-order valence-corrected chi connectivity index (χ3v) is 5.58. The largest absolute Gasteiger partial charge is 0.453 e. The van der Waals surface area contributed by atoms with Gasteiger partial charge in [0.25, 0.3) is 0 Å². The topological polar surface area (TPSA) is 158 Å². The molecule has 3 heterocycles. The van der Waals surface area contributed by atoms with E-state index in [1.807, 2.05) is 36.4 Å². The SMILES string of the molecule is CCc1c(N)ccc2c1Nc1ccccc1O2.Nc1ccn([C@H]2C[C@H](O)[C@@H](CO)O2)c(=O)n1. The van der Waals surface area contributed by atoms with Crippen LogP contribution in [0.3, 0.4) is 0 Å². The van der Waals surface area contributed by atoms with E-state index in [9.17, 15) is 9.90 Å². The minimum absolute atomic E-state index is 0.138. The molecular formula is C23H27N5O5. The summed E-state index contributed by atoms with van der Waals surface area (Å²) in [7, 11) is 0. The van der Waals surface area contributed by atoms with Crippen LogP contribution in [0.2, 0.25) is 0 Å². The second-order valence-electron chi connectivity index (χ2n) is 7.74. The predicted octanol–water partition coefficient (Wildman–Crippen LogP) is 2.15. The second-order valence-corrected chi connectivity index (χ2v) is 7.74. The molecule has 2 aliphatic heterocycles. The summed E-state index contributed by atoms with van der Waals surface area (Å²) in [5, 5.41) is 21.8. The highest BCUT2D eigenvalue weighted by molar-refractivity contribution is 5.81. The van der Waals surface area contributed by atoms with Crippen molar-refractivity contribution < 1.29 is 19.7 Å².